The van der Waals surface area contributed by atoms with E-state index in [-0.39, 0.29) is 73.9 Å². The second-order valence-corrected chi connectivity index (χ2v) is 21.8. The van der Waals surface area contributed by atoms with Crippen molar-refractivity contribution in [3.8, 4) is 23.0 Å². The van der Waals surface area contributed by atoms with Crippen LogP contribution in [0.25, 0.3) is 0 Å². The molecule has 0 aliphatic carbocycles. The van der Waals surface area contributed by atoms with Crippen LogP contribution in [0.3, 0.4) is 0 Å². The van der Waals surface area contributed by atoms with Gasteiger partial charge in [-0.3, -0.25) is 19.2 Å². The molecular weight excluding hydrogens is 1120 g/mol. The molecule has 22 heteroatoms. The lowest BCUT2D eigenvalue weighted by Crippen LogP contribution is -2.57. The number of carboxylic acid groups (broad SMARTS) is 1. The number of carbonyl (C=O) groups is 6. The van der Waals surface area contributed by atoms with Crippen LogP contribution in [0.5, 0.6) is 23.0 Å². The number of methoxy groups -OCH3 is 3. The molecule has 4 aromatic carbocycles. The van der Waals surface area contributed by atoms with E-state index < -0.39 is 55.3 Å². The van der Waals surface area contributed by atoms with Gasteiger partial charge in [0.25, 0.3) is 11.8 Å². The largest absolute Gasteiger partial charge is 0.493 e. The lowest BCUT2D eigenvalue weighted by atomic mass is 10.00. The number of anilines is 2. The Labute approximate surface area is 506 Å². The third-order valence-electron chi connectivity index (χ3n) is 15.9. The maximum atomic E-state index is 14.1. The number of nitrogens with zero attached hydrogens (tertiary/aromatic N) is 4. The van der Waals surface area contributed by atoms with E-state index in [1.54, 1.807) is 52.3 Å². The van der Waals surface area contributed by atoms with Crippen molar-refractivity contribution in [3.05, 3.63) is 131 Å². The molecule has 87 heavy (non-hydrogen) atoms. The van der Waals surface area contributed by atoms with Gasteiger partial charge in [-0.2, -0.15) is 0 Å². The van der Waals surface area contributed by atoms with Crippen LogP contribution in [0, 0.1) is 0 Å². The van der Waals surface area contributed by atoms with Crippen molar-refractivity contribution in [3.63, 3.8) is 0 Å². The summed E-state index contributed by atoms with van der Waals surface area (Å²) in [5.41, 5.74) is 4.13. The summed E-state index contributed by atoms with van der Waals surface area (Å²) >= 11 is 0. The van der Waals surface area contributed by atoms with E-state index in [0.717, 1.165) is 68.1 Å². The van der Waals surface area contributed by atoms with E-state index in [0.29, 0.717) is 86.2 Å². The molecule has 466 valence electrons. The first-order valence-corrected chi connectivity index (χ1v) is 29.8. The van der Waals surface area contributed by atoms with Crippen molar-refractivity contribution in [2.75, 3.05) is 70.6 Å². The van der Waals surface area contributed by atoms with Crippen molar-refractivity contribution in [1.82, 2.24) is 9.80 Å². The zero-order chi connectivity index (χ0) is 61.4. The monoisotopic (exact) mass is 1200 g/mol. The van der Waals surface area contributed by atoms with E-state index in [2.05, 4.69) is 13.2 Å². The number of esters is 1. The first-order chi connectivity index (χ1) is 42.3. The second kappa shape index (κ2) is 30.4. The summed E-state index contributed by atoms with van der Waals surface area (Å²) in [6.45, 7) is 9.73. The van der Waals surface area contributed by atoms with Gasteiger partial charge in [0.15, 0.2) is 48.0 Å². The van der Waals surface area contributed by atoms with Crippen molar-refractivity contribution >= 4 is 47.3 Å². The van der Waals surface area contributed by atoms with Crippen LogP contribution in [0.15, 0.2) is 98.1 Å². The van der Waals surface area contributed by atoms with Crippen LogP contribution in [0.1, 0.15) is 120 Å². The molecule has 0 saturated carbocycles. The second-order valence-electron chi connectivity index (χ2n) is 21.8. The van der Waals surface area contributed by atoms with Gasteiger partial charge in [0.1, 0.15) is 26.4 Å². The van der Waals surface area contributed by atoms with Crippen LogP contribution >= 0.6 is 0 Å². The van der Waals surface area contributed by atoms with E-state index in [4.69, 9.17) is 52.1 Å². The molecular formula is C65H78N4O18. The number of aliphatic carboxylic acids is 1. The van der Waals surface area contributed by atoms with Gasteiger partial charge < -0.3 is 67.0 Å². The summed E-state index contributed by atoms with van der Waals surface area (Å²) in [5.74, 6) is -0.438. The molecule has 0 aromatic heterocycles. The highest BCUT2D eigenvalue weighted by Crippen LogP contribution is 2.45. The van der Waals surface area contributed by atoms with Crippen LogP contribution < -0.4 is 28.7 Å². The summed E-state index contributed by atoms with van der Waals surface area (Å²) < 4.78 is 64.5. The molecule has 1 N–H and O–H groups in total. The fourth-order valence-corrected chi connectivity index (χ4v) is 11.8. The Morgan fingerprint density at radius 1 is 0.563 bits per heavy atom. The van der Waals surface area contributed by atoms with Gasteiger partial charge in [-0.15, -0.1) is 0 Å². The zero-order valence-electron chi connectivity index (χ0n) is 49.7. The molecule has 10 rings (SSSR count). The molecule has 6 atom stereocenters. The fraction of sp³-hybridized carbons (Fsp3) is 0.477. The predicted octanol–water partition coefficient (Wildman–Crippen LogP) is 9.90. The predicted molar refractivity (Wildman–Crippen MR) is 317 cm³/mol. The molecule has 4 saturated heterocycles. The third kappa shape index (κ3) is 15.5. The lowest BCUT2D eigenvalue weighted by molar-refractivity contribution is -0.199. The highest BCUT2D eigenvalue weighted by molar-refractivity contribution is 6.07. The Morgan fingerprint density at radius 3 is 1.40 bits per heavy atom. The molecule has 4 amide bonds. The summed E-state index contributed by atoms with van der Waals surface area (Å²) in [6.07, 6.45) is 8.78. The van der Waals surface area contributed by atoms with E-state index in [1.807, 2.05) is 30.3 Å². The number of carboxylic acids is 1. The van der Waals surface area contributed by atoms with Crippen LogP contribution in [0.4, 0.5) is 21.0 Å². The average Bonchev–Trinajstić information content (AvgIpc) is 1.97. The number of carbonyl (C=O) groups excluding carboxylic acids is 5. The molecule has 4 fully saturated rings. The Balaban J connectivity index is 0.000000208. The number of ether oxygens (including phenoxy) is 11. The third-order valence-corrected chi connectivity index (χ3v) is 15.9. The SMILES string of the molecule is C=CCOC(=O)N1c2cc(OCc3cccc(CC(=O)O)c3)c(OC)cc2C(=O)N2CCCC[C@H]2C1OC1CCCCO1.C=CCOC(=O)N1c2cc(OCc3cccc(CC(=O)OC)c3)c(OC)cc2C(=O)N2CCCC[C@H]2C1OC1CCCCO1. The molecule has 4 aromatic rings. The molecule has 0 radical (unpaired) electrons. The minimum absolute atomic E-state index is 0.0128. The minimum atomic E-state index is -0.926. The molecule has 6 aliphatic heterocycles. The highest BCUT2D eigenvalue weighted by atomic mass is 16.7. The molecule has 6 heterocycles. The number of hydrogen-bond donors (Lipinski definition) is 1. The number of hydrogen-bond acceptors (Lipinski definition) is 17. The zero-order valence-corrected chi connectivity index (χ0v) is 49.7. The number of fused-ring (bicyclic) bond motifs is 4. The van der Waals surface area contributed by atoms with Gasteiger partial charge in [0, 0.05) is 38.4 Å². The van der Waals surface area contributed by atoms with Gasteiger partial charge in [-0.25, -0.2) is 19.4 Å². The first kappa shape index (κ1) is 63.3. The average molecular weight is 1200 g/mol. The topological polar surface area (TPSA) is 237 Å². The van der Waals surface area contributed by atoms with Crippen LogP contribution in [-0.4, -0.2) is 149 Å². The van der Waals surface area contributed by atoms with Gasteiger partial charge >= 0.3 is 24.1 Å². The summed E-state index contributed by atoms with van der Waals surface area (Å²) in [5, 5.41) is 9.17. The first-order valence-electron chi connectivity index (χ1n) is 29.8. The Hall–Kier alpha value is -8.18. The van der Waals surface area contributed by atoms with Gasteiger partial charge in [0.2, 0.25) is 0 Å². The lowest BCUT2D eigenvalue weighted by Gasteiger charge is -2.42. The smallest absolute Gasteiger partial charge is 0.416 e. The van der Waals surface area contributed by atoms with Crippen molar-refractivity contribution in [2.45, 2.75) is 140 Å². The maximum absolute atomic E-state index is 14.1. The van der Waals surface area contributed by atoms with Gasteiger partial charge in [0.05, 0.1) is 68.8 Å². The van der Waals surface area contributed by atoms with Crippen LogP contribution in [0.2, 0.25) is 0 Å². The van der Waals surface area contributed by atoms with E-state index in [1.165, 1.54) is 43.3 Å². The Kier molecular flexibility index (Phi) is 22.2. The maximum Gasteiger partial charge on any atom is 0.416 e. The normalized spacial score (nSPS) is 21.6. The fourth-order valence-electron chi connectivity index (χ4n) is 11.8. The number of benzene rings is 4. The number of rotatable bonds is 20. The molecule has 6 aliphatic rings. The summed E-state index contributed by atoms with van der Waals surface area (Å²) in [6, 6.07) is 20.2. The molecule has 4 unspecified atom stereocenters. The number of amides is 4. The minimum Gasteiger partial charge on any atom is -0.493 e. The Morgan fingerprint density at radius 2 is 1.00 bits per heavy atom. The van der Waals surface area contributed by atoms with Crippen molar-refractivity contribution < 1.29 is 86.0 Å². The number of piperidine rings is 2. The van der Waals surface area contributed by atoms with E-state index in [9.17, 15) is 33.9 Å². The summed E-state index contributed by atoms with van der Waals surface area (Å²) in [7, 11) is 4.33. The van der Waals surface area contributed by atoms with Gasteiger partial charge in [-0.05, 0) is 111 Å². The van der Waals surface area contributed by atoms with Crippen LogP contribution in [-0.2, 0) is 68.8 Å². The molecule has 22 nitrogen and oxygen atoms in total. The van der Waals surface area contributed by atoms with Crippen molar-refractivity contribution in [1.29, 1.82) is 0 Å². The molecule has 0 spiro atoms. The summed E-state index contributed by atoms with van der Waals surface area (Å²) in [4.78, 5) is 85.1. The standard InChI is InChI=1S/C33H40N2O9.C32H38N2O9/c1-4-15-42-33(38)35-26-20-28(43-21-23-11-9-10-22(17-23)18-29(36)40-3)27(39-2)19-24(26)31(37)34-14-7-5-12-25(34)32(35)44-30-13-6-8-16-41-30;1-3-14-41-32(38)34-25-19-27(42-20-22-10-8-9-21(16-22)17-28(35)36)26(39-2)18-23(25)30(37)33-13-6-4-11-24(33)31(34)43-29-12-5-7-15-40-29/h4,9-11,17,19-20,25,30,32H,1,5-8,12-16,18,21H2,2-3H3;3,8-10,16,18-19,24,29,31H,1,4-7,11-15,17,20H2,2H3,(H,35,36)/t25-,30?,32?;24-,29?,31?/m00/s1. The quantitative estimate of drug-likeness (QED) is 0.0492. The van der Waals surface area contributed by atoms with Gasteiger partial charge in [-0.1, -0.05) is 73.8 Å². The van der Waals surface area contributed by atoms with Crippen molar-refractivity contribution in [2.24, 2.45) is 0 Å². The Bertz CT molecular complexity index is 3100. The molecule has 0 bridgehead atoms. The van der Waals surface area contributed by atoms with E-state index >= 15 is 0 Å². The highest BCUT2D eigenvalue weighted by Gasteiger charge is 2.49.